The number of halogens is 2. The van der Waals surface area contributed by atoms with E-state index in [4.69, 9.17) is 17.3 Å². The molecule has 25 heavy (non-hydrogen) atoms. The van der Waals surface area contributed by atoms with Crippen molar-refractivity contribution in [2.24, 2.45) is 17.6 Å². The first-order chi connectivity index (χ1) is 11.6. The molecule has 4 rings (SSSR count). The van der Waals surface area contributed by atoms with E-state index in [2.05, 4.69) is 12.1 Å². The molecular weight excluding hydrogens is 375 g/mol. The Kier molecular flexibility index (Phi) is 5.84. The molecule has 0 radical (unpaired) electrons. The zero-order valence-electron chi connectivity index (χ0n) is 13.9. The van der Waals surface area contributed by atoms with E-state index >= 15 is 0 Å². The molecular formula is C19H22Cl2N2OS. The van der Waals surface area contributed by atoms with Gasteiger partial charge in [0.2, 0.25) is 5.91 Å². The summed E-state index contributed by atoms with van der Waals surface area (Å²) in [6, 6.07) is 12.3. The summed E-state index contributed by atoms with van der Waals surface area (Å²) >= 11 is 7.94. The molecule has 0 aromatic heterocycles. The molecule has 2 aromatic carbocycles. The van der Waals surface area contributed by atoms with Crippen molar-refractivity contribution in [3.8, 4) is 0 Å². The molecule has 1 aliphatic carbocycles. The summed E-state index contributed by atoms with van der Waals surface area (Å²) in [5.74, 6) is 1.79. The van der Waals surface area contributed by atoms with Crippen LogP contribution in [0.15, 0.2) is 41.3 Å². The van der Waals surface area contributed by atoms with Gasteiger partial charge in [0.25, 0.3) is 0 Å². The van der Waals surface area contributed by atoms with Crippen molar-refractivity contribution in [1.82, 2.24) is 4.90 Å². The van der Waals surface area contributed by atoms with Crippen LogP contribution in [0.4, 0.5) is 0 Å². The van der Waals surface area contributed by atoms with E-state index in [-0.39, 0.29) is 24.4 Å². The maximum absolute atomic E-state index is 12.6. The predicted octanol–water partition coefficient (Wildman–Crippen LogP) is 4.20. The molecule has 2 fully saturated rings. The van der Waals surface area contributed by atoms with Gasteiger partial charge in [-0.05, 0) is 42.2 Å². The fourth-order valence-corrected chi connectivity index (χ4v) is 5.47. The number of likely N-dealkylation sites (tertiary alicyclic amines) is 1. The molecule has 3 nitrogen and oxygen atoms in total. The van der Waals surface area contributed by atoms with E-state index in [1.807, 2.05) is 29.2 Å². The average Bonchev–Trinajstić information content (AvgIpc) is 3.15. The Morgan fingerprint density at radius 2 is 1.96 bits per heavy atom. The highest BCUT2D eigenvalue weighted by Gasteiger charge is 2.42. The molecule has 0 bridgehead atoms. The minimum absolute atomic E-state index is 0. The highest BCUT2D eigenvalue weighted by molar-refractivity contribution is 8.00. The van der Waals surface area contributed by atoms with Crippen LogP contribution in [0, 0.1) is 11.8 Å². The molecule has 3 unspecified atom stereocenters. The molecule has 0 spiro atoms. The molecule has 3 atom stereocenters. The van der Waals surface area contributed by atoms with Gasteiger partial charge in [-0.3, -0.25) is 4.79 Å². The fourth-order valence-electron chi connectivity index (χ4n) is 4.12. The Labute approximate surface area is 163 Å². The van der Waals surface area contributed by atoms with Gasteiger partial charge < -0.3 is 10.6 Å². The third-order valence-electron chi connectivity index (χ3n) is 5.43. The number of thioether (sulfide) groups is 1. The van der Waals surface area contributed by atoms with E-state index in [1.54, 1.807) is 11.8 Å². The van der Waals surface area contributed by atoms with Gasteiger partial charge in [0.05, 0.1) is 5.75 Å². The van der Waals surface area contributed by atoms with Crippen molar-refractivity contribution in [3.05, 3.63) is 41.4 Å². The predicted molar refractivity (Wildman–Crippen MR) is 108 cm³/mol. The lowest BCUT2D eigenvalue weighted by Gasteiger charge is -2.19. The Morgan fingerprint density at radius 3 is 2.72 bits per heavy atom. The topological polar surface area (TPSA) is 46.3 Å². The Balaban J connectivity index is 0.00000182. The maximum atomic E-state index is 12.6. The monoisotopic (exact) mass is 396 g/mol. The molecule has 6 heteroatoms. The Morgan fingerprint density at radius 1 is 1.20 bits per heavy atom. The van der Waals surface area contributed by atoms with Crippen LogP contribution < -0.4 is 5.73 Å². The lowest BCUT2D eigenvalue weighted by Crippen LogP contribution is -2.34. The molecule has 2 N–H and O–H groups in total. The Hall–Kier alpha value is -0.940. The lowest BCUT2D eigenvalue weighted by molar-refractivity contribution is -0.127. The number of fused-ring (bicyclic) bond motifs is 2. The van der Waals surface area contributed by atoms with E-state index in [0.717, 1.165) is 40.2 Å². The standard InChI is InChI=1S/C19H21ClN2OS.ClH/c20-15-5-1-3-12-4-2-6-17(19(12)15)24-11-18(23)22-9-13-7-8-16(21)14(13)10-22;/h1-6,13-14,16H,7-11,21H2;1H. The molecule has 1 saturated carbocycles. The van der Waals surface area contributed by atoms with Gasteiger partial charge in [-0.1, -0.05) is 35.9 Å². The second-order valence-corrected chi connectivity index (χ2v) is 8.27. The molecule has 1 aliphatic heterocycles. The lowest BCUT2D eigenvalue weighted by atomic mass is 9.98. The first kappa shape index (κ1) is 18.8. The normalized spacial score (nSPS) is 25.0. The van der Waals surface area contributed by atoms with Gasteiger partial charge in [0.15, 0.2) is 0 Å². The number of carbonyl (C=O) groups is 1. The van der Waals surface area contributed by atoms with Gasteiger partial charge in [-0.15, -0.1) is 24.2 Å². The van der Waals surface area contributed by atoms with E-state index < -0.39 is 0 Å². The summed E-state index contributed by atoms with van der Waals surface area (Å²) in [6.45, 7) is 1.72. The van der Waals surface area contributed by atoms with E-state index in [1.165, 1.54) is 6.42 Å². The van der Waals surface area contributed by atoms with Crippen molar-refractivity contribution < 1.29 is 4.79 Å². The van der Waals surface area contributed by atoms with Gasteiger partial charge in [-0.25, -0.2) is 0 Å². The minimum Gasteiger partial charge on any atom is -0.341 e. The van der Waals surface area contributed by atoms with Gasteiger partial charge in [0.1, 0.15) is 0 Å². The number of rotatable bonds is 3. The molecule has 1 saturated heterocycles. The number of hydrogen-bond acceptors (Lipinski definition) is 3. The van der Waals surface area contributed by atoms with Gasteiger partial charge in [0, 0.05) is 34.4 Å². The van der Waals surface area contributed by atoms with Crippen LogP contribution in [0.25, 0.3) is 10.8 Å². The fraction of sp³-hybridized carbons (Fsp3) is 0.421. The number of hydrogen-bond donors (Lipinski definition) is 1. The maximum Gasteiger partial charge on any atom is 0.232 e. The number of benzene rings is 2. The van der Waals surface area contributed by atoms with Crippen LogP contribution in [0.5, 0.6) is 0 Å². The third kappa shape index (κ3) is 3.63. The van der Waals surface area contributed by atoms with Crippen molar-refractivity contribution in [1.29, 1.82) is 0 Å². The smallest absolute Gasteiger partial charge is 0.232 e. The summed E-state index contributed by atoms with van der Waals surface area (Å²) in [4.78, 5) is 15.7. The number of carbonyl (C=O) groups excluding carboxylic acids is 1. The largest absolute Gasteiger partial charge is 0.341 e. The zero-order valence-corrected chi connectivity index (χ0v) is 16.2. The van der Waals surface area contributed by atoms with Crippen LogP contribution in [0.3, 0.4) is 0 Å². The van der Waals surface area contributed by atoms with Crippen LogP contribution >= 0.6 is 35.8 Å². The second kappa shape index (κ2) is 7.75. The van der Waals surface area contributed by atoms with Crippen molar-refractivity contribution >= 4 is 52.4 Å². The summed E-state index contributed by atoms with van der Waals surface area (Å²) in [5.41, 5.74) is 6.17. The summed E-state index contributed by atoms with van der Waals surface area (Å²) in [6.07, 6.45) is 2.28. The minimum atomic E-state index is 0. The van der Waals surface area contributed by atoms with Crippen molar-refractivity contribution in [2.75, 3.05) is 18.8 Å². The Bertz CT molecular complexity index is 780. The number of amides is 1. The third-order valence-corrected chi connectivity index (χ3v) is 6.79. The van der Waals surface area contributed by atoms with Gasteiger partial charge >= 0.3 is 0 Å². The zero-order chi connectivity index (χ0) is 16.7. The van der Waals surface area contributed by atoms with Crippen LogP contribution in [0.1, 0.15) is 12.8 Å². The molecule has 1 heterocycles. The molecule has 1 amide bonds. The summed E-state index contributed by atoms with van der Waals surface area (Å²) in [5, 5.41) is 2.89. The summed E-state index contributed by atoms with van der Waals surface area (Å²) < 4.78 is 0. The molecule has 2 aromatic rings. The van der Waals surface area contributed by atoms with E-state index in [9.17, 15) is 4.79 Å². The highest BCUT2D eigenvalue weighted by Crippen LogP contribution is 2.38. The van der Waals surface area contributed by atoms with Crippen molar-refractivity contribution in [2.45, 2.75) is 23.8 Å². The second-order valence-electron chi connectivity index (χ2n) is 6.85. The first-order valence-electron chi connectivity index (χ1n) is 8.47. The first-order valence-corrected chi connectivity index (χ1v) is 9.83. The van der Waals surface area contributed by atoms with Crippen LogP contribution in [0.2, 0.25) is 5.02 Å². The quantitative estimate of drug-likeness (QED) is 0.790. The van der Waals surface area contributed by atoms with Gasteiger partial charge in [-0.2, -0.15) is 0 Å². The van der Waals surface area contributed by atoms with Crippen LogP contribution in [-0.4, -0.2) is 35.7 Å². The van der Waals surface area contributed by atoms with E-state index in [0.29, 0.717) is 17.6 Å². The number of nitrogens with zero attached hydrogens (tertiary/aromatic N) is 1. The average molecular weight is 397 g/mol. The molecule has 134 valence electrons. The SMILES string of the molecule is Cl.NC1CCC2CN(C(=O)CSc3cccc4cccc(Cl)c34)CC12. The summed E-state index contributed by atoms with van der Waals surface area (Å²) in [7, 11) is 0. The molecule has 2 aliphatic rings. The van der Waals surface area contributed by atoms with Crippen molar-refractivity contribution in [3.63, 3.8) is 0 Å². The van der Waals surface area contributed by atoms with Crippen LogP contribution in [-0.2, 0) is 4.79 Å². The highest BCUT2D eigenvalue weighted by atomic mass is 35.5. The number of nitrogens with two attached hydrogens (primary N) is 1.